The second kappa shape index (κ2) is 8.62. The molecule has 1 unspecified atom stereocenters. The van der Waals surface area contributed by atoms with E-state index in [0.29, 0.717) is 40.6 Å². The van der Waals surface area contributed by atoms with Crippen molar-refractivity contribution in [3.05, 3.63) is 98.7 Å². The molecule has 186 valence electrons. The number of aromatic carboxylic acids is 1. The first-order valence-corrected chi connectivity index (χ1v) is 12.4. The molecular weight excluding hydrogens is 468 g/mol. The molecule has 2 aliphatic rings. The lowest BCUT2D eigenvalue weighted by Crippen LogP contribution is -2.25. The van der Waals surface area contributed by atoms with E-state index in [-0.39, 0.29) is 22.9 Å². The zero-order valence-corrected chi connectivity index (χ0v) is 20.6. The van der Waals surface area contributed by atoms with Crippen molar-refractivity contribution in [1.29, 1.82) is 0 Å². The van der Waals surface area contributed by atoms with E-state index < -0.39 is 5.97 Å². The maximum Gasteiger partial charge on any atom is 0.337 e. The van der Waals surface area contributed by atoms with Gasteiger partial charge >= 0.3 is 5.97 Å². The van der Waals surface area contributed by atoms with Gasteiger partial charge in [-0.05, 0) is 68.1 Å². The Morgan fingerprint density at radius 2 is 1.86 bits per heavy atom. The lowest BCUT2D eigenvalue weighted by molar-refractivity contribution is 0.0696. The second-order valence-electron chi connectivity index (χ2n) is 9.96. The Hall–Kier alpha value is -4.39. The molecule has 4 aromatic rings. The van der Waals surface area contributed by atoms with E-state index >= 15 is 0 Å². The Labute approximate surface area is 213 Å². The van der Waals surface area contributed by atoms with E-state index in [0.717, 1.165) is 35.1 Å². The predicted molar refractivity (Wildman–Crippen MR) is 141 cm³/mol. The zero-order chi connectivity index (χ0) is 25.8. The van der Waals surface area contributed by atoms with Crippen LogP contribution in [-0.4, -0.2) is 27.9 Å². The molecule has 1 fully saturated rings. The summed E-state index contributed by atoms with van der Waals surface area (Å²) in [7, 11) is 0. The van der Waals surface area contributed by atoms with Gasteiger partial charge in [-0.25, -0.2) is 4.79 Å². The number of carboxylic acids is 1. The van der Waals surface area contributed by atoms with Crippen LogP contribution in [0.1, 0.15) is 63.2 Å². The molecule has 6 rings (SSSR count). The molecule has 0 saturated heterocycles. The molecule has 7 nitrogen and oxygen atoms in total. The van der Waals surface area contributed by atoms with Crippen molar-refractivity contribution in [2.75, 3.05) is 5.32 Å². The van der Waals surface area contributed by atoms with E-state index in [1.54, 1.807) is 30.3 Å². The number of anilines is 1. The minimum atomic E-state index is -1.02. The maximum atomic E-state index is 13.2. The molecule has 1 aromatic heterocycles. The molecule has 0 radical (unpaired) electrons. The fourth-order valence-corrected chi connectivity index (χ4v) is 5.18. The van der Waals surface area contributed by atoms with Crippen LogP contribution in [0.2, 0.25) is 0 Å². The van der Waals surface area contributed by atoms with Crippen LogP contribution in [0.5, 0.6) is 0 Å². The van der Waals surface area contributed by atoms with Gasteiger partial charge in [0.1, 0.15) is 11.3 Å². The number of carbonyl (C=O) groups excluding carboxylic acids is 1. The second-order valence-corrected chi connectivity index (χ2v) is 9.96. The quantitative estimate of drug-likeness (QED) is 0.354. The van der Waals surface area contributed by atoms with Crippen molar-refractivity contribution in [3.63, 3.8) is 0 Å². The number of carbonyl (C=O) groups is 2. The molecule has 3 aromatic carbocycles. The van der Waals surface area contributed by atoms with E-state index in [9.17, 15) is 19.5 Å². The summed E-state index contributed by atoms with van der Waals surface area (Å²) in [5.74, 6) is -0.516. The summed E-state index contributed by atoms with van der Waals surface area (Å²) in [6.07, 6.45) is 2.11. The molecule has 0 bridgehead atoms. The van der Waals surface area contributed by atoms with Crippen molar-refractivity contribution >= 4 is 28.5 Å². The smallest absolute Gasteiger partial charge is 0.337 e. The summed E-state index contributed by atoms with van der Waals surface area (Å²) in [5.41, 5.74) is 5.01. The van der Waals surface area contributed by atoms with E-state index in [4.69, 9.17) is 4.42 Å². The lowest BCUT2D eigenvalue weighted by Gasteiger charge is -2.19. The first-order valence-electron chi connectivity index (χ1n) is 12.4. The van der Waals surface area contributed by atoms with Gasteiger partial charge in [-0.3, -0.25) is 9.59 Å². The average Bonchev–Trinajstić information content (AvgIpc) is 3.67. The number of rotatable bonds is 6. The van der Waals surface area contributed by atoms with Gasteiger partial charge in [0.15, 0.2) is 5.43 Å². The third-order valence-corrected chi connectivity index (χ3v) is 7.21. The van der Waals surface area contributed by atoms with Gasteiger partial charge in [0.25, 0.3) is 5.91 Å². The van der Waals surface area contributed by atoms with Gasteiger partial charge in [-0.2, -0.15) is 0 Å². The standard InChI is InChI=1S/C30H26N2O5/c1-16-11-23(17(2)31-25-6-4-3-5-22(25)30(35)36)28-24(12-16)26(33)14-27(37-28)18-7-10-21-19(13-18)15-32(29(21)34)20-8-9-20/h3-7,10-14,17,20,31H,8-9,15H2,1-2H3,(H,35,36). The highest BCUT2D eigenvalue weighted by Crippen LogP contribution is 2.37. The van der Waals surface area contributed by atoms with Gasteiger partial charge in [0.2, 0.25) is 0 Å². The van der Waals surface area contributed by atoms with Crippen molar-refractivity contribution in [1.82, 2.24) is 4.90 Å². The van der Waals surface area contributed by atoms with E-state index in [1.807, 2.05) is 43.0 Å². The number of hydrogen-bond donors (Lipinski definition) is 2. The summed E-state index contributed by atoms with van der Waals surface area (Å²) >= 11 is 0. The number of nitrogens with one attached hydrogen (secondary N) is 1. The summed E-state index contributed by atoms with van der Waals surface area (Å²) in [5, 5.41) is 13.3. The number of nitrogens with zero attached hydrogens (tertiary/aromatic N) is 1. The van der Waals surface area contributed by atoms with Gasteiger partial charge in [-0.1, -0.05) is 24.3 Å². The summed E-state index contributed by atoms with van der Waals surface area (Å²) in [6.45, 7) is 4.41. The summed E-state index contributed by atoms with van der Waals surface area (Å²) in [4.78, 5) is 39.6. The third-order valence-electron chi connectivity index (χ3n) is 7.21. The van der Waals surface area contributed by atoms with Crippen LogP contribution >= 0.6 is 0 Å². The van der Waals surface area contributed by atoms with E-state index in [2.05, 4.69) is 5.32 Å². The molecule has 1 aliphatic carbocycles. The Balaban J connectivity index is 1.41. The Bertz CT molecular complexity index is 1650. The third kappa shape index (κ3) is 4.06. The minimum absolute atomic E-state index is 0.0725. The minimum Gasteiger partial charge on any atom is -0.478 e. The predicted octanol–water partition coefficient (Wildman–Crippen LogP) is 5.76. The molecule has 2 heterocycles. The molecule has 37 heavy (non-hydrogen) atoms. The molecule has 7 heteroatoms. The number of carboxylic acid groups (broad SMARTS) is 1. The van der Waals surface area contributed by atoms with Crippen molar-refractivity contribution in [2.45, 2.75) is 45.3 Å². The number of amides is 1. The van der Waals surface area contributed by atoms with Crippen molar-refractivity contribution in [3.8, 4) is 11.3 Å². The van der Waals surface area contributed by atoms with Gasteiger partial charge in [0, 0.05) is 41.0 Å². The highest BCUT2D eigenvalue weighted by molar-refractivity contribution is 5.99. The summed E-state index contributed by atoms with van der Waals surface area (Å²) < 4.78 is 6.37. The lowest BCUT2D eigenvalue weighted by atomic mass is 9.99. The van der Waals surface area contributed by atoms with Gasteiger partial charge < -0.3 is 19.7 Å². The Kier molecular flexibility index (Phi) is 5.37. The normalized spacial score (nSPS) is 15.6. The SMILES string of the molecule is Cc1cc(C(C)Nc2ccccc2C(=O)O)c2oc(-c3ccc4c(c3)CN(C3CC3)C4=O)cc(=O)c2c1. The fourth-order valence-electron chi connectivity index (χ4n) is 5.18. The van der Waals surface area contributed by atoms with Crippen molar-refractivity contribution in [2.24, 2.45) is 0 Å². The topological polar surface area (TPSA) is 99.8 Å². The molecule has 1 amide bonds. The number of hydrogen-bond acceptors (Lipinski definition) is 5. The van der Waals surface area contributed by atoms with Crippen LogP contribution in [0.15, 0.2) is 69.9 Å². The number of fused-ring (bicyclic) bond motifs is 2. The fraction of sp³-hybridized carbons (Fsp3) is 0.233. The van der Waals surface area contributed by atoms with Gasteiger partial charge in [-0.15, -0.1) is 0 Å². The Morgan fingerprint density at radius 3 is 2.62 bits per heavy atom. The largest absolute Gasteiger partial charge is 0.478 e. The number of aryl methyl sites for hydroxylation is 1. The van der Waals surface area contributed by atoms with Crippen LogP contribution in [0.25, 0.3) is 22.3 Å². The van der Waals surface area contributed by atoms with Crippen LogP contribution in [0.3, 0.4) is 0 Å². The molecule has 1 aliphatic heterocycles. The first kappa shape index (κ1) is 23.0. The molecule has 2 N–H and O–H groups in total. The average molecular weight is 495 g/mol. The first-order chi connectivity index (χ1) is 17.8. The molecular formula is C30H26N2O5. The highest BCUT2D eigenvalue weighted by Gasteiger charge is 2.38. The zero-order valence-electron chi connectivity index (χ0n) is 20.6. The number of para-hydroxylation sites is 1. The van der Waals surface area contributed by atoms with Crippen LogP contribution in [0.4, 0.5) is 5.69 Å². The number of benzene rings is 3. The van der Waals surface area contributed by atoms with E-state index in [1.165, 1.54) is 6.07 Å². The van der Waals surface area contributed by atoms with Gasteiger partial charge in [0.05, 0.1) is 17.0 Å². The van der Waals surface area contributed by atoms with Crippen LogP contribution in [-0.2, 0) is 6.54 Å². The van der Waals surface area contributed by atoms with Crippen LogP contribution < -0.4 is 10.7 Å². The molecule has 1 atom stereocenters. The summed E-state index contributed by atoms with van der Waals surface area (Å²) in [6, 6.07) is 17.6. The maximum absolute atomic E-state index is 13.2. The molecule has 0 spiro atoms. The molecule has 1 saturated carbocycles. The van der Waals surface area contributed by atoms with Crippen molar-refractivity contribution < 1.29 is 19.1 Å². The van der Waals surface area contributed by atoms with Crippen LogP contribution in [0, 0.1) is 6.92 Å². The Morgan fingerprint density at radius 1 is 1.08 bits per heavy atom. The monoisotopic (exact) mass is 494 g/mol. The highest BCUT2D eigenvalue weighted by atomic mass is 16.4.